The summed E-state index contributed by atoms with van der Waals surface area (Å²) < 4.78 is 4.93. The lowest BCUT2D eigenvalue weighted by Crippen LogP contribution is -2.24. The molecule has 0 saturated heterocycles. The van der Waals surface area contributed by atoms with E-state index in [1.54, 1.807) is 0 Å². The van der Waals surface area contributed by atoms with E-state index in [0.717, 1.165) is 17.8 Å². The van der Waals surface area contributed by atoms with Crippen molar-refractivity contribution in [3.8, 4) is 11.4 Å². The second kappa shape index (κ2) is 18.8. The largest absolute Gasteiger partial charge is 0.333 e. The van der Waals surface area contributed by atoms with Gasteiger partial charge in [0.25, 0.3) is 0 Å². The molecule has 2 aromatic heterocycles. The molecular weight excluding hydrogens is 775 g/mol. The summed E-state index contributed by atoms with van der Waals surface area (Å²) in [5, 5.41) is 1.24. The van der Waals surface area contributed by atoms with Gasteiger partial charge in [-0.05, 0) is 98.0 Å². The number of fused-ring (bicyclic) bond motifs is 4. The monoisotopic (exact) mass is 829 g/mol. The maximum absolute atomic E-state index is 2.56. The molecule has 1 aliphatic heterocycles. The summed E-state index contributed by atoms with van der Waals surface area (Å²) in [7, 11) is 0. The van der Waals surface area contributed by atoms with Crippen molar-refractivity contribution in [2.45, 2.75) is 47.1 Å². The van der Waals surface area contributed by atoms with Crippen molar-refractivity contribution in [3.63, 3.8) is 0 Å². The lowest BCUT2D eigenvalue weighted by molar-refractivity contribution is 0.916. The van der Waals surface area contributed by atoms with Gasteiger partial charge in [-0.15, -0.1) is 0 Å². The van der Waals surface area contributed by atoms with Gasteiger partial charge in [0.15, 0.2) is 0 Å². The molecule has 0 bridgehead atoms. The van der Waals surface area contributed by atoms with Crippen LogP contribution in [-0.4, -0.2) is 15.2 Å². The molecule has 0 saturated carbocycles. The van der Waals surface area contributed by atoms with Crippen LogP contribution >= 0.6 is 0 Å². The summed E-state index contributed by atoms with van der Waals surface area (Å²) in [5.41, 5.74) is 19.8. The van der Waals surface area contributed by atoms with Gasteiger partial charge >= 0.3 is 0 Å². The molecule has 1 atom stereocenters. The molecule has 1 aliphatic carbocycles. The van der Waals surface area contributed by atoms with Crippen LogP contribution in [-0.2, 0) is 0 Å². The van der Waals surface area contributed by atoms with Gasteiger partial charge in [-0.25, -0.2) is 0 Å². The van der Waals surface area contributed by atoms with Gasteiger partial charge < -0.3 is 14.0 Å². The predicted octanol–water partition coefficient (Wildman–Crippen LogP) is 16.4. The zero-order valence-corrected chi connectivity index (χ0v) is 37.5. The lowest BCUT2D eigenvalue weighted by atomic mass is 9.96. The van der Waals surface area contributed by atoms with Crippen molar-refractivity contribution < 1.29 is 0 Å². The maximum atomic E-state index is 2.56. The molecular formula is C61H55N3. The van der Waals surface area contributed by atoms with E-state index in [9.17, 15) is 0 Å². The summed E-state index contributed by atoms with van der Waals surface area (Å²) in [6.45, 7) is 10.7. The van der Waals surface area contributed by atoms with Crippen LogP contribution in [0.2, 0.25) is 0 Å². The van der Waals surface area contributed by atoms with Gasteiger partial charge in [-0.3, -0.25) is 0 Å². The molecule has 7 aromatic carbocycles. The smallest absolute Gasteiger partial charge is 0.0801 e. The number of benzene rings is 7. The SMILES string of the molecule is CC.Cc1c(/C=C2/c3ccccc3N(c3ccccc3C3=CC(c4ccccc4)=CC=CC3)C2C)c2c(c3ccccc3n2-c2ccccc2)n1-c1ccccc1.Cc1ccccc1. The third-order valence-corrected chi connectivity index (χ3v) is 12.3. The molecule has 0 radical (unpaired) electrons. The van der Waals surface area contributed by atoms with E-state index >= 15 is 0 Å². The Morgan fingerprint density at radius 1 is 0.531 bits per heavy atom. The molecule has 3 heterocycles. The summed E-state index contributed by atoms with van der Waals surface area (Å²) in [6, 6.07) is 69.4. The fourth-order valence-corrected chi connectivity index (χ4v) is 9.42. The third kappa shape index (κ3) is 7.86. The van der Waals surface area contributed by atoms with E-state index in [4.69, 9.17) is 0 Å². The first-order valence-corrected chi connectivity index (χ1v) is 22.7. The molecule has 0 N–H and O–H groups in total. The van der Waals surface area contributed by atoms with Gasteiger partial charge in [-0.2, -0.15) is 0 Å². The summed E-state index contributed by atoms with van der Waals surface area (Å²) in [4.78, 5) is 2.56. The van der Waals surface area contributed by atoms with E-state index in [-0.39, 0.29) is 6.04 Å². The van der Waals surface area contributed by atoms with Gasteiger partial charge in [-0.1, -0.05) is 195 Å². The average Bonchev–Trinajstić information content (AvgIpc) is 3.83. The van der Waals surface area contributed by atoms with Crippen LogP contribution in [0.15, 0.2) is 218 Å². The normalized spacial score (nSPS) is 14.9. The first-order chi connectivity index (χ1) is 31.6. The number of hydrogen-bond acceptors (Lipinski definition) is 1. The standard InChI is InChI=1S/C52H41N3.C7H8.C2H6/c1-36-46(35-47-37(2)53(41-24-8-4-9-25-41)51-45-30-16-19-33-50(45)55(52(47)51)42-26-10-5-11-27-42)44-29-15-18-32-49(44)54(36)48-31-17-14-28-43(48)40-23-13-12-22-39(34-40)38-20-6-3-7-21-38;1-7-5-3-2-4-6-7;1-2/h3-22,24-36H,23H2,1-2H3;2-6H,1H3;1-2H3/b46-35+;;. The molecule has 3 heteroatoms. The summed E-state index contributed by atoms with van der Waals surface area (Å²) in [5.74, 6) is 0. The van der Waals surface area contributed by atoms with Crippen LogP contribution in [0, 0.1) is 13.8 Å². The number of anilines is 2. The van der Waals surface area contributed by atoms with Crippen LogP contribution < -0.4 is 4.90 Å². The minimum atomic E-state index is 0.0775. The Morgan fingerprint density at radius 3 is 1.70 bits per heavy atom. The third-order valence-electron chi connectivity index (χ3n) is 12.3. The molecule has 11 rings (SSSR count). The highest BCUT2D eigenvalue weighted by atomic mass is 15.2. The number of para-hydroxylation sites is 5. The Kier molecular flexibility index (Phi) is 12.2. The van der Waals surface area contributed by atoms with Crippen molar-refractivity contribution in [2.75, 3.05) is 4.90 Å². The van der Waals surface area contributed by atoms with Crippen molar-refractivity contribution in [2.24, 2.45) is 0 Å². The molecule has 3 nitrogen and oxygen atoms in total. The van der Waals surface area contributed by atoms with Gasteiger partial charge in [0, 0.05) is 50.5 Å². The minimum absolute atomic E-state index is 0.0775. The van der Waals surface area contributed by atoms with E-state index in [1.165, 1.54) is 83.5 Å². The quantitative estimate of drug-likeness (QED) is 0.163. The first-order valence-electron chi connectivity index (χ1n) is 22.7. The molecule has 0 fully saturated rings. The van der Waals surface area contributed by atoms with Crippen LogP contribution in [0.4, 0.5) is 11.4 Å². The molecule has 314 valence electrons. The van der Waals surface area contributed by atoms with E-state index in [2.05, 4.69) is 241 Å². The Bertz CT molecular complexity index is 3160. The molecule has 0 amide bonds. The topological polar surface area (TPSA) is 13.1 Å². The van der Waals surface area contributed by atoms with Crippen molar-refractivity contribution >= 4 is 56.1 Å². The molecule has 0 spiro atoms. The average molecular weight is 830 g/mol. The first kappa shape index (κ1) is 41.7. The van der Waals surface area contributed by atoms with E-state index in [0.29, 0.717) is 0 Å². The van der Waals surface area contributed by atoms with Gasteiger partial charge in [0.05, 0.1) is 22.6 Å². The highest BCUT2D eigenvalue weighted by Crippen LogP contribution is 2.49. The number of nitrogens with zero attached hydrogens (tertiary/aromatic N) is 3. The van der Waals surface area contributed by atoms with Crippen LogP contribution in [0.25, 0.3) is 56.1 Å². The second-order valence-electron chi connectivity index (χ2n) is 16.2. The minimum Gasteiger partial charge on any atom is -0.333 e. The number of aryl methyl sites for hydroxylation is 1. The maximum Gasteiger partial charge on any atom is 0.0801 e. The fourth-order valence-electron chi connectivity index (χ4n) is 9.42. The van der Waals surface area contributed by atoms with Crippen LogP contribution in [0.1, 0.15) is 60.7 Å². The zero-order chi connectivity index (χ0) is 44.0. The van der Waals surface area contributed by atoms with Gasteiger partial charge in [0.2, 0.25) is 0 Å². The molecule has 64 heavy (non-hydrogen) atoms. The van der Waals surface area contributed by atoms with Crippen LogP contribution in [0.5, 0.6) is 0 Å². The van der Waals surface area contributed by atoms with E-state index < -0.39 is 0 Å². The Hall–Kier alpha value is -7.62. The van der Waals surface area contributed by atoms with Crippen molar-refractivity contribution in [1.82, 2.24) is 9.13 Å². The van der Waals surface area contributed by atoms with Crippen molar-refractivity contribution in [3.05, 3.63) is 252 Å². The van der Waals surface area contributed by atoms with Crippen molar-refractivity contribution in [1.29, 1.82) is 0 Å². The summed E-state index contributed by atoms with van der Waals surface area (Å²) >= 11 is 0. The Balaban J connectivity index is 0.000000522. The molecule has 1 unspecified atom stereocenters. The number of rotatable bonds is 6. The Morgan fingerprint density at radius 2 is 1.06 bits per heavy atom. The van der Waals surface area contributed by atoms with Crippen LogP contribution in [0.3, 0.4) is 0 Å². The zero-order valence-electron chi connectivity index (χ0n) is 37.5. The van der Waals surface area contributed by atoms with E-state index in [1.807, 2.05) is 32.0 Å². The summed E-state index contributed by atoms with van der Waals surface area (Å²) in [6.07, 6.45) is 12.5. The molecule has 2 aliphatic rings. The van der Waals surface area contributed by atoms with Gasteiger partial charge in [0.1, 0.15) is 0 Å². The number of hydrogen-bond donors (Lipinski definition) is 0. The number of aromatic nitrogens is 2. The highest BCUT2D eigenvalue weighted by Gasteiger charge is 2.34. The molecule has 9 aromatic rings. The second-order valence-corrected chi connectivity index (χ2v) is 16.2. The predicted molar refractivity (Wildman–Crippen MR) is 276 cm³/mol. The number of allylic oxidation sites excluding steroid dienone is 6. The Labute approximate surface area is 378 Å². The lowest BCUT2D eigenvalue weighted by Gasteiger charge is -2.28. The highest BCUT2D eigenvalue weighted by molar-refractivity contribution is 6.14. The fraction of sp³-hybridized carbons (Fsp3) is 0.115.